The van der Waals surface area contributed by atoms with Crippen LogP contribution in [0.25, 0.3) is 5.69 Å². The van der Waals surface area contributed by atoms with Crippen molar-refractivity contribution in [2.45, 2.75) is 29.9 Å². The number of aromatic nitrogens is 2. The summed E-state index contributed by atoms with van der Waals surface area (Å²) in [4.78, 5) is 32.8. The lowest BCUT2D eigenvalue weighted by atomic mass is 10.0. The average Bonchev–Trinajstić information content (AvgIpc) is 3.29. The molecule has 33 heavy (non-hydrogen) atoms. The number of pyridine rings is 2. The fourth-order valence-electron chi connectivity index (χ4n) is 4.27. The number of amides is 1. The van der Waals surface area contributed by atoms with Crippen LogP contribution >= 0.6 is 23.1 Å². The Labute approximate surface area is 200 Å². The molecule has 5 nitrogen and oxygen atoms in total. The third-order valence-electron chi connectivity index (χ3n) is 5.79. The zero-order valence-corrected chi connectivity index (χ0v) is 19.8. The van der Waals surface area contributed by atoms with Crippen LogP contribution in [0, 0.1) is 6.92 Å². The molecular weight excluding hydrogens is 450 g/mol. The predicted molar refractivity (Wildman–Crippen MR) is 134 cm³/mol. The van der Waals surface area contributed by atoms with Crippen molar-refractivity contribution in [2.75, 3.05) is 6.54 Å². The lowest BCUT2D eigenvalue weighted by Gasteiger charge is -2.19. The Morgan fingerprint density at radius 1 is 1.15 bits per heavy atom. The van der Waals surface area contributed by atoms with E-state index >= 15 is 0 Å². The number of nitrogens with one attached hydrogen (secondary N) is 1. The first kappa shape index (κ1) is 21.7. The van der Waals surface area contributed by atoms with Gasteiger partial charge in [0.15, 0.2) is 5.43 Å². The molecule has 1 amide bonds. The Morgan fingerprint density at radius 3 is 2.76 bits per heavy atom. The molecule has 4 heterocycles. The van der Waals surface area contributed by atoms with Crippen molar-refractivity contribution in [3.05, 3.63) is 110 Å². The first-order chi connectivity index (χ1) is 16.1. The van der Waals surface area contributed by atoms with Crippen molar-refractivity contribution in [2.24, 2.45) is 0 Å². The van der Waals surface area contributed by atoms with Gasteiger partial charge >= 0.3 is 0 Å². The minimum atomic E-state index is -0.313. The predicted octanol–water partition coefficient (Wildman–Crippen LogP) is 4.96. The summed E-state index contributed by atoms with van der Waals surface area (Å²) in [5, 5.41) is 5.18. The van der Waals surface area contributed by atoms with Crippen molar-refractivity contribution in [3.8, 4) is 5.69 Å². The van der Waals surface area contributed by atoms with Gasteiger partial charge in [0.2, 0.25) is 0 Å². The second-order valence-corrected chi connectivity index (χ2v) is 10.2. The zero-order chi connectivity index (χ0) is 22.8. The molecule has 0 aliphatic carbocycles. The number of hydrogen-bond donors (Lipinski definition) is 1. The van der Waals surface area contributed by atoms with Crippen molar-refractivity contribution in [3.63, 3.8) is 0 Å². The number of para-hydroxylation sites is 1. The van der Waals surface area contributed by atoms with Crippen LogP contribution in [-0.2, 0) is 12.8 Å². The number of thiophene rings is 1. The first-order valence-corrected chi connectivity index (χ1v) is 12.6. The molecule has 0 saturated heterocycles. The highest BCUT2D eigenvalue weighted by atomic mass is 32.2. The van der Waals surface area contributed by atoms with E-state index in [-0.39, 0.29) is 22.1 Å². The van der Waals surface area contributed by atoms with E-state index in [9.17, 15) is 9.59 Å². The van der Waals surface area contributed by atoms with Crippen molar-refractivity contribution < 1.29 is 4.79 Å². The van der Waals surface area contributed by atoms with Crippen LogP contribution in [0.5, 0.6) is 0 Å². The highest BCUT2D eigenvalue weighted by molar-refractivity contribution is 7.99. The van der Waals surface area contributed by atoms with Gasteiger partial charge in [0.1, 0.15) is 5.56 Å². The van der Waals surface area contributed by atoms with Gasteiger partial charge in [-0.25, -0.2) is 0 Å². The van der Waals surface area contributed by atoms with Crippen LogP contribution in [0.1, 0.15) is 37.4 Å². The Balaban J connectivity index is 1.55. The number of fused-ring (bicyclic) bond motifs is 3. The fourth-order valence-corrected chi connectivity index (χ4v) is 6.47. The third kappa shape index (κ3) is 4.38. The van der Waals surface area contributed by atoms with E-state index in [0.29, 0.717) is 19.4 Å². The van der Waals surface area contributed by atoms with E-state index in [4.69, 9.17) is 0 Å². The first-order valence-electron chi connectivity index (χ1n) is 10.8. The molecule has 0 unspecified atom stereocenters. The minimum absolute atomic E-state index is 0.129. The number of hydrogen-bond acceptors (Lipinski definition) is 5. The average molecular weight is 474 g/mol. The van der Waals surface area contributed by atoms with Crippen LogP contribution in [0.4, 0.5) is 0 Å². The van der Waals surface area contributed by atoms with Crippen LogP contribution in [0.15, 0.2) is 82.1 Å². The summed E-state index contributed by atoms with van der Waals surface area (Å²) in [5.74, 6) is -0.313. The van der Waals surface area contributed by atoms with E-state index in [2.05, 4.69) is 38.4 Å². The number of benzene rings is 1. The van der Waals surface area contributed by atoms with Crippen LogP contribution in [0.3, 0.4) is 0 Å². The van der Waals surface area contributed by atoms with Gasteiger partial charge in [0.25, 0.3) is 5.91 Å². The third-order valence-corrected chi connectivity index (χ3v) is 8.23. The van der Waals surface area contributed by atoms with Crippen LogP contribution < -0.4 is 10.7 Å². The lowest BCUT2D eigenvalue weighted by Crippen LogP contribution is -2.33. The Bertz CT molecular complexity index is 1350. The molecule has 1 aromatic carbocycles. The molecular formula is C26H23N3O2S2. The largest absolute Gasteiger partial charge is 0.352 e. The molecule has 1 aliphatic rings. The smallest absolute Gasteiger partial charge is 0.257 e. The monoisotopic (exact) mass is 473 g/mol. The normalized spacial score (nSPS) is 14.8. The molecule has 166 valence electrons. The number of rotatable bonds is 5. The number of carbonyl (C=O) groups is 1. The SMILES string of the molecule is Cc1cc(=O)c(C(=O)NCCc2ccncc2)c2n1-c1ccccc1S[C@@H](c1cccs1)C2. The molecule has 0 saturated carbocycles. The molecule has 3 aromatic heterocycles. The molecule has 4 aromatic rings. The van der Waals surface area contributed by atoms with E-state index in [1.165, 1.54) is 4.88 Å². The molecule has 5 rings (SSSR count). The molecule has 0 bridgehead atoms. The molecule has 0 fully saturated rings. The van der Waals surface area contributed by atoms with Crippen molar-refractivity contribution in [1.82, 2.24) is 14.9 Å². The van der Waals surface area contributed by atoms with Gasteiger partial charge in [0.05, 0.1) is 5.69 Å². The van der Waals surface area contributed by atoms with Gasteiger partial charge in [-0.2, -0.15) is 0 Å². The van der Waals surface area contributed by atoms with Crippen LogP contribution in [-0.4, -0.2) is 22.0 Å². The van der Waals surface area contributed by atoms with E-state index in [1.54, 1.807) is 41.6 Å². The zero-order valence-electron chi connectivity index (χ0n) is 18.2. The molecule has 1 N–H and O–H groups in total. The van der Waals surface area contributed by atoms with Gasteiger partial charge in [-0.15, -0.1) is 23.1 Å². The second-order valence-electron chi connectivity index (χ2n) is 7.96. The van der Waals surface area contributed by atoms with Crippen molar-refractivity contribution >= 4 is 29.0 Å². The highest BCUT2D eigenvalue weighted by Crippen LogP contribution is 2.45. The van der Waals surface area contributed by atoms with Gasteiger partial charge < -0.3 is 9.88 Å². The quantitative estimate of drug-likeness (QED) is 0.445. The topological polar surface area (TPSA) is 64.0 Å². The molecule has 1 atom stereocenters. The molecule has 0 spiro atoms. The number of carbonyl (C=O) groups excluding carboxylic acids is 1. The maximum absolute atomic E-state index is 13.3. The summed E-state index contributed by atoms with van der Waals surface area (Å²) < 4.78 is 2.09. The summed E-state index contributed by atoms with van der Waals surface area (Å²) >= 11 is 3.50. The minimum Gasteiger partial charge on any atom is -0.352 e. The van der Waals surface area contributed by atoms with E-state index in [0.717, 1.165) is 27.5 Å². The highest BCUT2D eigenvalue weighted by Gasteiger charge is 2.29. The summed E-state index contributed by atoms with van der Waals surface area (Å²) in [6.45, 7) is 2.39. The number of aryl methyl sites for hydroxylation is 1. The van der Waals surface area contributed by atoms with E-state index < -0.39 is 0 Å². The fraction of sp³-hybridized carbons (Fsp3) is 0.192. The van der Waals surface area contributed by atoms with Gasteiger partial charge in [-0.05, 0) is 54.6 Å². The van der Waals surface area contributed by atoms with Crippen molar-refractivity contribution in [1.29, 1.82) is 0 Å². The Morgan fingerprint density at radius 2 is 1.97 bits per heavy atom. The molecule has 7 heteroatoms. The molecule has 0 radical (unpaired) electrons. The van der Waals surface area contributed by atoms with Gasteiger partial charge in [-0.3, -0.25) is 14.6 Å². The lowest BCUT2D eigenvalue weighted by molar-refractivity contribution is 0.0951. The Kier molecular flexibility index (Phi) is 6.15. The molecule has 1 aliphatic heterocycles. The Hall–Kier alpha value is -3.16. The summed E-state index contributed by atoms with van der Waals surface area (Å²) in [5.41, 5.74) is 3.73. The number of thioether (sulfide) groups is 1. The van der Waals surface area contributed by atoms with Gasteiger partial charge in [0, 0.05) is 57.8 Å². The van der Waals surface area contributed by atoms with Crippen LogP contribution in [0.2, 0.25) is 0 Å². The summed E-state index contributed by atoms with van der Waals surface area (Å²) in [6.07, 6.45) is 4.76. The summed E-state index contributed by atoms with van der Waals surface area (Å²) in [6, 6.07) is 17.8. The van der Waals surface area contributed by atoms with Gasteiger partial charge in [-0.1, -0.05) is 18.2 Å². The van der Waals surface area contributed by atoms with E-state index in [1.807, 2.05) is 37.3 Å². The standard InChI is InChI=1S/C26H23N3O2S2/c1-17-15-21(30)25(26(31)28-13-10-18-8-11-27-12-9-18)20-16-24(23-7-4-14-32-23)33-22-6-3-2-5-19(22)29(17)20/h2-9,11-12,14-15,24H,10,13,16H2,1H3,(H,28,31)/t24-/m1/s1. The number of nitrogens with zero attached hydrogens (tertiary/aromatic N) is 2. The summed E-state index contributed by atoms with van der Waals surface area (Å²) in [7, 11) is 0. The second kappa shape index (κ2) is 9.37. The maximum Gasteiger partial charge on any atom is 0.257 e. The maximum atomic E-state index is 13.3.